The maximum atomic E-state index is 13.4. The number of alkyl halides is 3. The van der Waals surface area contributed by atoms with Gasteiger partial charge in [-0.2, -0.15) is 13.2 Å². The molecule has 1 fully saturated rings. The van der Waals surface area contributed by atoms with Gasteiger partial charge in [0, 0.05) is 31.0 Å². The number of nitrogens with zero attached hydrogens (tertiary/aromatic N) is 3. The summed E-state index contributed by atoms with van der Waals surface area (Å²) in [5.41, 5.74) is 5.35. The SMILES string of the molecule is CCCc1[nH]c(N(CC)c2c(C)cc(C)cc2C)nc1C(=O)N(CCC(F)(F)F)CC1CC1. The molecule has 5 nitrogen and oxygen atoms in total. The summed E-state index contributed by atoms with van der Waals surface area (Å²) in [5, 5.41) is 0. The second kappa shape index (κ2) is 10.2. The molecule has 1 aromatic carbocycles. The van der Waals surface area contributed by atoms with Crippen molar-refractivity contribution in [1.29, 1.82) is 0 Å². The summed E-state index contributed by atoms with van der Waals surface area (Å²) in [7, 11) is 0. The molecule has 8 heteroatoms. The fourth-order valence-corrected chi connectivity index (χ4v) is 4.44. The normalized spacial score (nSPS) is 13.9. The van der Waals surface area contributed by atoms with Gasteiger partial charge >= 0.3 is 6.18 Å². The number of carbonyl (C=O) groups is 1. The zero-order valence-corrected chi connectivity index (χ0v) is 20.3. The minimum atomic E-state index is -4.30. The minimum absolute atomic E-state index is 0.246. The van der Waals surface area contributed by atoms with Crippen molar-refractivity contribution in [2.75, 3.05) is 24.5 Å². The first kappa shape index (κ1) is 25.1. The molecule has 1 aliphatic carbocycles. The molecule has 0 aliphatic heterocycles. The van der Waals surface area contributed by atoms with Crippen LogP contribution >= 0.6 is 0 Å². The highest BCUT2D eigenvalue weighted by molar-refractivity contribution is 5.94. The Morgan fingerprint density at radius 3 is 2.30 bits per heavy atom. The van der Waals surface area contributed by atoms with Gasteiger partial charge in [-0.15, -0.1) is 0 Å². The number of H-pyrrole nitrogens is 1. The summed E-state index contributed by atoms with van der Waals surface area (Å²) in [6, 6.07) is 4.23. The van der Waals surface area contributed by atoms with Crippen LogP contribution in [-0.4, -0.2) is 46.6 Å². The van der Waals surface area contributed by atoms with Crippen LogP contribution in [0.2, 0.25) is 0 Å². The van der Waals surface area contributed by atoms with Gasteiger partial charge in [-0.25, -0.2) is 4.98 Å². The van der Waals surface area contributed by atoms with Crippen molar-refractivity contribution in [1.82, 2.24) is 14.9 Å². The maximum Gasteiger partial charge on any atom is 0.390 e. The van der Waals surface area contributed by atoms with E-state index in [1.165, 1.54) is 10.5 Å². The number of rotatable bonds is 10. The number of imidazole rings is 1. The Balaban J connectivity index is 1.96. The Labute approximate surface area is 194 Å². The molecule has 0 bridgehead atoms. The summed E-state index contributed by atoms with van der Waals surface area (Å²) >= 11 is 0. The van der Waals surface area contributed by atoms with Crippen LogP contribution in [0.4, 0.5) is 24.8 Å². The minimum Gasteiger partial charge on any atom is -0.337 e. The average Bonchev–Trinajstić information content (AvgIpc) is 3.44. The third-order valence-corrected chi connectivity index (χ3v) is 6.07. The molecule has 2 aromatic rings. The number of benzene rings is 1. The molecule has 1 saturated carbocycles. The summed E-state index contributed by atoms with van der Waals surface area (Å²) in [6.45, 7) is 10.8. The number of nitrogens with one attached hydrogen (secondary N) is 1. The van der Waals surface area contributed by atoms with Gasteiger partial charge < -0.3 is 14.8 Å². The smallest absolute Gasteiger partial charge is 0.337 e. The molecule has 33 heavy (non-hydrogen) atoms. The summed E-state index contributed by atoms with van der Waals surface area (Å²) < 4.78 is 38.7. The molecule has 1 aliphatic rings. The quantitative estimate of drug-likeness (QED) is 0.452. The van der Waals surface area contributed by atoms with Crippen molar-refractivity contribution in [3.63, 3.8) is 0 Å². The fraction of sp³-hybridized carbons (Fsp3) is 0.600. The van der Waals surface area contributed by atoms with Crippen LogP contribution in [0, 0.1) is 26.7 Å². The van der Waals surface area contributed by atoms with Crippen molar-refractivity contribution < 1.29 is 18.0 Å². The topological polar surface area (TPSA) is 52.2 Å². The molecule has 3 rings (SSSR count). The van der Waals surface area contributed by atoms with Gasteiger partial charge in [0.1, 0.15) is 0 Å². The van der Waals surface area contributed by atoms with Crippen molar-refractivity contribution >= 4 is 17.5 Å². The number of halogens is 3. The summed E-state index contributed by atoms with van der Waals surface area (Å²) in [6.07, 6.45) is -1.99. The highest BCUT2D eigenvalue weighted by Crippen LogP contribution is 2.33. The van der Waals surface area contributed by atoms with Gasteiger partial charge in [0.05, 0.1) is 6.42 Å². The van der Waals surface area contributed by atoms with Crippen LogP contribution in [0.3, 0.4) is 0 Å². The average molecular weight is 465 g/mol. The van der Waals surface area contributed by atoms with Crippen molar-refractivity contribution in [2.24, 2.45) is 5.92 Å². The van der Waals surface area contributed by atoms with Gasteiger partial charge in [0.2, 0.25) is 5.95 Å². The number of amides is 1. The van der Waals surface area contributed by atoms with Gasteiger partial charge in [-0.05, 0) is 64.0 Å². The summed E-state index contributed by atoms with van der Waals surface area (Å²) in [4.78, 5) is 24.8. The standard InChI is InChI=1S/C25H35F3N4O/c1-6-8-20-21(23(33)31(15-19-9-10-19)12-11-25(26,27)28)30-24(29-20)32(7-2)22-17(4)13-16(3)14-18(22)5/h13-14,19H,6-12,15H2,1-5H3,(H,29,30). The van der Waals surface area contributed by atoms with E-state index in [-0.39, 0.29) is 12.2 Å². The zero-order valence-electron chi connectivity index (χ0n) is 20.3. The molecule has 0 atom stereocenters. The number of carbonyl (C=O) groups excluding carboxylic acids is 1. The zero-order chi connectivity index (χ0) is 24.3. The Morgan fingerprint density at radius 2 is 1.79 bits per heavy atom. The predicted octanol–water partition coefficient (Wildman–Crippen LogP) is 6.25. The van der Waals surface area contributed by atoms with Gasteiger partial charge in [-0.3, -0.25) is 4.79 Å². The van der Waals surface area contributed by atoms with Crippen LogP contribution in [0.1, 0.15) is 72.4 Å². The molecular formula is C25H35F3N4O. The van der Waals surface area contributed by atoms with Crippen LogP contribution in [-0.2, 0) is 6.42 Å². The van der Waals surface area contributed by atoms with E-state index >= 15 is 0 Å². The number of hydrogen-bond donors (Lipinski definition) is 1. The van der Waals surface area contributed by atoms with Gasteiger partial charge in [0.25, 0.3) is 5.91 Å². The molecule has 1 heterocycles. The molecule has 0 saturated heterocycles. The van der Waals surface area contributed by atoms with E-state index in [0.29, 0.717) is 37.1 Å². The van der Waals surface area contributed by atoms with Crippen LogP contribution in [0.15, 0.2) is 12.1 Å². The maximum absolute atomic E-state index is 13.4. The lowest BCUT2D eigenvalue weighted by atomic mass is 10.0. The number of aryl methyl sites for hydroxylation is 4. The third kappa shape index (κ3) is 6.30. The Kier molecular flexibility index (Phi) is 7.75. The highest BCUT2D eigenvalue weighted by Gasteiger charge is 2.34. The van der Waals surface area contributed by atoms with Crippen molar-refractivity contribution in [3.8, 4) is 0 Å². The predicted molar refractivity (Wildman–Crippen MR) is 125 cm³/mol. The van der Waals surface area contributed by atoms with E-state index in [2.05, 4.69) is 42.9 Å². The second-order valence-corrected chi connectivity index (χ2v) is 9.19. The summed E-state index contributed by atoms with van der Waals surface area (Å²) in [5.74, 6) is 0.437. The fourth-order valence-electron chi connectivity index (χ4n) is 4.44. The largest absolute Gasteiger partial charge is 0.390 e. The lowest BCUT2D eigenvalue weighted by molar-refractivity contribution is -0.136. The highest BCUT2D eigenvalue weighted by atomic mass is 19.4. The Morgan fingerprint density at radius 1 is 1.15 bits per heavy atom. The van der Waals surface area contributed by atoms with E-state index < -0.39 is 18.5 Å². The van der Waals surface area contributed by atoms with E-state index in [4.69, 9.17) is 0 Å². The van der Waals surface area contributed by atoms with E-state index in [9.17, 15) is 18.0 Å². The third-order valence-electron chi connectivity index (χ3n) is 6.07. The molecule has 1 aromatic heterocycles. The van der Waals surface area contributed by atoms with Crippen molar-refractivity contribution in [2.45, 2.75) is 72.9 Å². The molecular weight excluding hydrogens is 429 g/mol. The molecule has 1 N–H and O–H groups in total. The lowest BCUT2D eigenvalue weighted by Gasteiger charge is -2.25. The van der Waals surface area contributed by atoms with E-state index in [1.807, 2.05) is 18.7 Å². The Bertz CT molecular complexity index is 956. The Hall–Kier alpha value is -2.51. The lowest BCUT2D eigenvalue weighted by Crippen LogP contribution is -2.36. The first-order valence-electron chi connectivity index (χ1n) is 11.8. The van der Waals surface area contributed by atoms with E-state index in [1.54, 1.807) is 0 Å². The molecule has 0 radical (unpaired) electrons. The van der Waals surface area contributed by atoms with Crippen LogP contribution in [0.25, 0.3) is 0 Å². The molecule has 0 spiro atoms. The second-order valence-electron chi connectivity index (χ2n) is 9.19. The van der Waals surface area contributed by atoms with E-state index in [0.717, 1.165) is 36.1 Å². The van der Waals surface area contributed by atoms with Gasteiger partial charge in [0.15, 0.2) is 5.69 Å². The number of hydrogen-bond acceptors (Lipinski definition) is 3. The number of aromatic amines is 1. The molecule has 182 valence electrons. The number of aromatic nitrogens is 2. The van der Waals surface area contributed by atoms with Gasteiger partial charge in [-0.1, -0.05) is 31.0 Å². The first-order chi connectivity index (χ1) is 15.5. The monoisotopic (exact) mass is 464 g/mol. The van der Waals surface area contributed by atoms with Crippen LogP contribution in [0.5, 0.6) is 0 Å². The van der Waals surface area contributed by atoms with Crippen molar-refractivity contribution in [3.05, 3.63) is 40.2 Å². The van der Waals surface area contributed by atoms with Crippen LogP contribution < -0.4 is 4.90 Å². The molecule has 1 amide bonds. The first-order valence-corrected chi connectivity index (χ1v) is 11.8. The number of anilines is 2. The molecule has 0 unspecified atom stereocenters.